The van der Waals surface area contributed by atoms with E-state index in [9.17, 15) is 12.8 Å². The number of sulfonamides is 1. The van der Waals surface area contributed by atoms with Gasteiger partial charge in [-0.2, -0.15) is 0 Å². The van der Waals surface area contributed by atoms with Crippen LogP contribution in [-0.4, -0.2) is 31.9 Å². The summed E-state index contributed by atoms with van der Waals surface area (Å²) >= 11 is 11.2. The van der Waals surface area contributed by atoms with E-state index in [2.05, 4.69) is 10.6 Å². The number of hydrogen-bond acceptors (Lipinski definition) is 3. The van der Waals surface area contributed by atoms with Gasteiger partial charge in [0.25, 0.3) is 0 Å². The van der Waals surface area contributed by atoms with Gasteiger partial charge in [-0.25, -0.2) is 17.1 Å². The maximum Gasteiger partial charge on any atom is 0.244 e. The fourth-order valence-electron chi connectivity index (χ4n) is 1.94. The van der Waals surface area contributed by atoms with Crippen LogP contribution in [0.25, 0.3) is 0 Å². The lowest BCUT2D eigenvalue weighted by Gasteiger charge is -2.15. The average molecular weight is 402 g/mol. The molecule has 2 aromatic rings. The van der Waals surface area contributed by atoms with Gasteiger partial charge >= 0.3 is 0 Å². The lowest BCUT2D eigenvalue weighted by Crippen LogP contribution is -2.23. The number of aryl methyl sites for hydroxylation is 1. The molecule has 0 amide bonds. The first kappa shape index (κ1) is 19.6. The van der Waals surface area contributed by atoms with E-state index in [4.69, 9.17) is 23.8 Å². The molecule has 0 aliphatic heterocycles. The smallest absolute Gasteiger partial charge is 0.244 e. The van der Waals surface area contributed by atoms with Crippen LogP contribution in [0, 0.1) is 12.7 Å². The van der Waals surface area contributed by atoms with E-state index >= 15 is 0 Å². The maximum atomic E-state index is 13.6. The third-order valence-electron chi connectivity index (χ3n) is 3.38. The third-order valence-corrected chi connectivity index (χ3v) is 5.88. The van der Waals surface area contributed by atoms with Gasteiger partial charge in [0, 0.05) is 25.5 Å². The fourth-order valence-corrected chi connectivity index (χ4v) is 3.57. The molecule has 0 fully saturated rings. The van der Waals surface area contributed by atoms with Crippen LogP contribution in [-0.2, 0) is 10.0 Å². The number of halogens is 2. The molecule has 0 atom stereocenters. The summed E-state index contributed by atoms with van der Waals surface area (Å²) in [6.07, 6.45) is 0. The molecule has 0 saturated heterocycles. The van der Waals surface area contributed by atoms with Gasteiger partial charge in [0.15, 0.2) is 5.11 Å². The van der Waals surface area contributed by atoms with E-state index in [0.29, 0.717) is 16.9 Å². The Morgan fingerprint density at radius 1 is 1.12 bits per heavy atom. The first-order chi connectivity index (χ1) is 11.6. The van der Waals surface area contributed by atoms with Crippen molar-refractivity contribution in [2.45, 2.75) is 11.8 Å². The lowest BCUT2D eigenvalue weighted by molar-refractivity contribution is 0.521. The van der Waals surface area contributed by atoms with Crippen molar-refractivity contribution < 1.29 is 12.8 Å². The van der Waals surface area contributed by atoms with Crippen LogP contribution in [0.3, 0.4) is 0 Å². The molecule has 5 nitrogen and oxygen atoms in total. The second-order valence-corrected chi connectivity index (χ2v) is 8.41. The second kappa shape index (κ2) is 7.65. The number of benzene rings is 2. The first-order valence-corrected chi connectivity index (χ1v) is 9.40. The molecule has 2 rings (SSSR count). The van der Waals surface area contributed by atoms with Gasteiger partial charge in [0.1, 0.15) is 10.7 Å². The number of nitrogens with zero attached hydrogens (tertiary/aromatic N) is 1. The summed E-state index contributed by atoms with van der Waals surface area (Å²) < 4.78 is 39.2. The Morgan fingerprint density at radius 2 is 1.68 bits per heavy atom. The highest BCUT2D eigenvalue weighted by Crippen LogP contribution is 2.27. The fraction of sp³-hybridized carbons (Fsp3) is 0.188. The molecule has 0 aromatic heterocycles. The van der Waals surface area contributed by atoms with Gasteiger partial charge in [-0.1, -0.05) is 17.7 Å². The summed E-state index contributed by atoms with van der Waals surface area (Å²) in [4.78, 5) is -0.0339. The Labute approximate surface area is 156 Å². The molecule has 0 spiro atoms. The van der Waals surface area contributed by atoms with Crippen molar-refractivity contribution in [2.75, 3.05) is 24.7 Å². The number of thiocarbonyl (C=S) groups is 1. The van der Waals surface area contributed by atoms with Crippen molar-refractivity contribution in [2.24, 2.45) is 0 Å². The predicted molar refractivity (Wildman–Crippen MR) is 103 cm³/mol. The van der Waals surface area contributed by atoms with Gasteiger partial charge < -0.3 is 10.6 Å². The summed E-state index contributed by atoms with van der Waals surface area (Å²) in [6.45, 7) is 1.66. The van der Waals surface area contributed by atoms with Crippen LogP contribution in [0.4, 0.5) is 15.8 Å². The maximum absolute atomic E-state index is 13.6. The Balaban J connectivity index is 2.20. The monoisotopic (exact) mass is 401 g/mol. The van der Waals surface area contributed by atoms with Gasteiger partial charge in [0.05, 0.1) is 5.02 Å². The lowest BCUT2D eigenvalue weighted by atomic mass is 10.2. The summed E-state index contributed by atoms with van der Waals surface area (Å²) in [5.74, 6) is -0.348. The van der Waals surface area contributed by atoms with Crippen molar-refractivity contribution in [1.82, 2.24) is 4.31 Å². The normalized spacial score (nSPS) is 11.4. The quantitative estimate of drug-likeness (QED) is 0.762. The first-order valence-electron chi connectivity index (χ1n) is 7.17. The van der Waals surface area contributed by atoms with Crippen LogP contribution >= 0.6 is 23.8 Å². The molecular formula is C16H17ClFN3O2S2. The summed E-state index contributed by atoms with van der Waals surface area (Å²) in [5, 5.41) is 6.00. The molecule has 0 radical (unpaired) electrons. The molecule has 2 N–H and O–H groups in total. The Bertz CT molecular complexity index is 918. The number of rotatable bonds is 4. The highest BCUT2D eigenvalue weighted by molar-refractivity contribution is 7.89. The van der Waals surface area contributed by atoms with Crippen molar-refractivity contribution in [1.29, 1.82) is 0 Å². The minimum absolute atomic E-state index is 0.0339. The van der Waals surface area contributed by atoms with E-state index in [0.717, 1.165) is 4.31 Å². The van der Waals surface area contributed by atoms with Crippen molar-refractivity contribution in [3.63, 3.8) is 0 Å². The molecule has 0 aliphatic rings. The average Bonchev–Trinajstić information content (AvgIpc) is 2.52. The van der Waals surface area contributed by atoms with Crippen molar-refractivity contribution in [3.8, 4) is 0 Å². The SMILES string of the molecule is Cc1ccc(NC(=S)Nc2ccc(Cl)c(S(=O)(=O)N(C)C)c2)cc1F. The topological polar surface area (TPSA) is 61.4 Å². The van der Waals surface area contributed by atoms with E-state index < -0.39 is 10.0 Å². The standard InChI is InChI=1S/C16H17ClFN3O2S2/c1-10-4-5-11(8-14(10)18)19-16(24)20-12-6-7-13(17)15(9-12)25(22,23)21(2)3/h4-9H,1-3H3,(H2,19,20,24). The van der Waals surface area contributed by atoms with Crippen LogP contribution in [0.1, 0.15) is 5.56 Å². The molecule has 9 heteroatoms. The molecule has 134 valence electrons. The molecule has 25 heavy (non-hydrogen) atoms. The highest BCUT2D eigenvalue weighted by atomic mass is 35.5. The molecule has 0 bridgehead atoms. The van der Waals surface area contributed by atoms with Crippen LogP contribution < -0.4 is 10.6 Å². The zero-order valence-corrected chi connectivity index (χ0v) is 16.2. The third kappa shape index (κ3) is 4.66. The summed E-state index contributed by atoms with van der Waals surface area (Å²) in [5.41, 5.74) is 1.45. The summed E-state index contributed by atoms with van der Waals surface area (Å²) in [7, 11) is -0.846. The zero-order chi connectivity index (χ0) is 18.8. The Morgan fingerprint density at radius 3 is 2.24 bits per heavy atom. The van der Waals surface area contributed by atoms with E-state index in [1.165, 1.54) is 32.3 Å². The molecular weight excluding hydrogens is 385 g/mol. The highest BCUT2D eigenvalue weighted by Gasteiger charge is 2.21. The van der Waals surface area contributed by atoms with E-state index in [-0.39, 0.29) is 20.8 Å². The molecule has 0 unspecified atom stereocenters. The molecule has 2 aromatic carbocycles. The summed E-state index contributed by atoms with van der Waals surface area (Å²) in [6, 6.07) is 9.10. The minimum Gasteiger partial charge on any atom is -0.332 e. The van der Waals surface area contributed by atoms with Gasteiger partial charge in [0.2, 0.25) is 10.0 Å². The Kier molecular flexibility index (Phi) is 5.99. The van der Waals surface area contributed by atoms with Gasteiger partial charge in [-0.15, -0.1) is 0 Å². The van der Waals surface area contributed by atoms with Crippen molar-refractivity contribution >= 4 is 50.3 Å². The minimum atomic E-state index is -3.69. The molecule has 0 saturated carbocycles. The number of anilines is 2. The second-order valence-electron chi connectivity index (χ2n) is 5.48. The van der Waals surface area contributed by atoms with Gasteiger partial charge in [-0.05, 0) is 55.0 Å². The van der Waals surface area contributed by atoms with Crippen LogP contribution in [0.2, 0.25) is 5.02 Å². The molecule has 0 heterocycles. The Hall–Kier alpha value is -1.74. The van der Waals surface area contributed by atoms with Crippen LogP contribution in [0.15, 0.2) is 41.3 Å². The van der Waals surface area contributed by atoms with Crippen LogP contribution in [0.5, 0.6) is 0 Å². The zero-order valence-electron chi connectivity index (χ0n) is 13.8. The largest absolute Gasteiger partial charge is 0.332 e. The van der Waals surface area contributed by atoms with E-state index in [1.807, 2.05) is 0 Å². The van der Waals surface area contributed by atoms with Gasteiger partial charge in [-0.3, -0.25) is 0 Å². The van der Waals surface area contributed by atoms with E-state index in [1.54, 1.807) is 25.1 Å². The predicted octanol–water partition coefficient (Wildman–Crippen LogP) is 3.85. The number of nitrogens with one attached hydrogen (secondary N) is 2. The molecule has 0 aliphatic carbocycles. The number of hydrogen-bond donors (Lipinski definition) is 2. The van der Waals surface area contributed by atoms with Crippen molar-refractivity contribution in [3.05, 3.63) is 52.8 Å².